The third-order valence-corrected chi connectivity index (χ3v) is 5.81. The minimum atomic E-state index is -0.155. The maximum absolute atomic E-state index is 14.0. The summed E-state index contributed by atoms with van der Waals surface area (Å²) < 4.78 is 14.9. The molecule has 1 atom stereocenters. The molecule has 1 fully saturated rings. The van der Waals surface area contributed by atoms with Crippen LogP contribution in [0.1, 0.15) is 27.6 Å². The Hall–Kier alpha value is -1.33. The second-order valence-electron chi connectivity index (χ2n) is 5.47. The maximum atomic E-state index is 14.0. The lowest BCUT2D eigenvalue weighted by Crippen LogP contribution is -2.32. The number of rotatable bonds is 2. The zero-order chi connectivity index (χ0) is 16.2. The molecule has 3 rings (SSSR count). The van der Waals surface area contributed by atoms with Crippen LogP contribution in [0.2, 0.25) is 0 Å². The van der Waals surface area contributed by atoms with E-state index < -0.39 is 0 Å². The Morgan fingerprint density at radius 3 is 2.61 bits per heavy atom. The van der Waals surface area contributed by atoms with Crippen LogP contribution >= 0.6 is 27.7 Å². The van der Waals surface area contributed by atoms with E-state index in [2.05, 4.69) is 15.9 Å². The van der Waals surface area contributed by atoms with Crippen LogP contribution in [-0.4, -0.2) is 29.6 Å². The lowest BCUT2D eigenvalue weighted by Gasteiger charge is -2.20. The summed E-state index contributed by atoms with van der Waals surface area (Å²) in [4.78, 5) is 14.5. The molecule has 23 heavy (non-hydrogen) atoms. The predicted octanol–water partition coefficient (Wildman–Crippen LogP) is 4.91. The molecule has 1 heterocycles. The van der Waals surface area contributed by atoms with Crippen molar-refractivity contribution < 1.29 is 9.18 Å². The minimum Gasteiger partial charge on any atom is -0.338 e. The zero-order valence-corrected chi connectivity index (χ0v) is 14.9. The van der Waals surface area contributed by atoms with Crippen molar-refractivity contribution in [2.75, 3.05) is 18.8 Å². The Balaban J connectivity index is 1.70. The zero-order valence-electron chi connectivity index (χ0n) is 12.5. The lowest BCUT2D eigenvalue weighted by atomic mass is 10.1. The molecular formula is C18H17BrFNOS. The van der Waals surface area contributed by atoms with Gasteiger partial charge in [0.15, 0.2) is 0 Å². The van der Waals surface area contributed by atoms with Crippen molar-refractivity contribution >= 4 is 33.6 Å². The first-order valence-electron chi connectivity index (χ1n) is 7.56. The fourth-order valence-corrected chi connectivity index (χ4v) is 4.25. The number of thioether (sulfide) groups is 1. The lowest BCUT2D eigenvalue weighted by molar-refractivity contribution is 0.0766. The Bertz CT molecular complexity index is 692. The fraction of sp³-hybridized carbons (Fsp3) is 0.278. The summed E-state index contributed by atoms with van der Waals surface area (Å²) in [6, 6.07) is 14.4. The van der Waals surface area contributed by atoms with Gasteiger partial charge in [0.1, 0.15) is 5.82 Å². The highest BCUT2D eigenvalue weighted by Gasteiger charge is 2.24. The highest BCUT2D eigenvalue weighted by molar-refractivity contribution is 9.10. The molecule has 1 aliphatic heterocycles. The van der Waals surface area contributed by atoms with E-state index in [1.54, 1.807) is 17.8 Å². The summed E-state index contributed by atoms with van der Waals surface area (Å²) in [5, 5.41) is 0.110. The van der Waals surface area contributed by atoms with Crippen LogP contribution < -0.4 is 0 Å². The molecule has 1 amide bonds. The maximum Gasteiger partial charge on any atom is 0.253 e. The second-order valence-corrected chi connectivity index (χ2v) is 7.70. The monoisotopic (exact) mass is 393 g/mol. The Morgan fingerprint density at radius 1 is 1.13 bits per heavy atom. The molecule has 0 saturated carbocycles. The molecule has 0 N–H and O–H groups in total. The van der Waals surface area contributed by atoms with Gasteiger partial charge in [0, 0.05) is 39.7 Å². The number of amides is 1. The molecule has 1 saturated heterocycles. The van der Waals surface area contributed by atoms with Gasteiger partial charge in [0.2, 0.25) is 0 Å². The van der Waals surface area contributed by atoms with Gasteiger partial charge in [-0.15, -0.1) is 0 Å². The normalized spacial score (nSPS) is 18.5. The number of nitrogens with zero attached hydrogens (tertiary/aromatic N) is 1. The smallest absolute Gasteiger partial charge is 0.253 e. The second kappa shape index (κ2) is 7.49. The SMILES string of the molecule is O=C(c1ccc(Br)cc1)N1CCSC(c2ccccc2F)CC1. The van der Waals surface area contributed by atoms with E-state index >= 15 is 0 Å². The molecule has 0 bridgehead atoms. The van der Waals surface area contributed by atoms with Gasteiger partial charge in [-0.1, -0.05) is 34.1 Å². The number of hydrogen-bond donors (Lipinski definition) is 0. The van der Waals surface area contributed by atoms with Crippen molar-refractivity contribution in [3.8, 4) is 0 Å². The highest BCUT2D eigenvalue weighted by atomic mass is 79.9. The van der Waals surface area contributed by atoms with Gasteiger partial charge in [-0.3, -0.25) is 4.79 Å². The Kier molecular flexibility index (Phi) is 5.38. The van der Waals surface area contributed by atoms with Gasteiger partial charge in [-0.2, -0.15) is 11.8 Å². The quantitative estimate of drug-likeness (QED) is 0.722. The molecule has 5 heteroatoms. The molecule has 2 nitrogen and oxygen atoms in total. The largest absolute Gasteiger partial charge is 0.338 e. The van der Waals surface area contributed by atoms with Crippen LogP contribution in [0.15, 0.2) is 53.0 Å². The van der Waals surface area contributed by atoms with Crippen molar-refractivity contribution in [3.63, 3.8) is 0 Å². The average molecular weight is 394 g/mol. The van der Waals surface area contributed by atoms with Gasteiger partial charge in [0.05, 0.1) is 0 Å². The number of carbonyl (C=O) groups excluding carboxylic acids is 1. The van der Waals surface area contributed by atoms with E-state index in [0.717, 1.165) is 22.2 Å². The van der Waals surface area contributed by atoms with Gasteiger partial charge < -0.3 is 4.90 Å². The standard InChI is InChI=1S/C18H17BrFNOS/c19-14-7-5-13(6-8-14)18(22)21-10-9-17(23-12-11-21)15-3-1-2-4-16(15)20/h1-8,17H,9-12H2. The topological polar surface area (TPSA) is 20.3 Å². The van der Waals surface area contributed by atoms with Crippen LogP contribution in [-0.2, 0) is 0 Å². The Morgan fingerprint density at radius 2 is 1.87 bits per heavy atom. The number of hydrogen-bond acceptors (Lipinski definition) is 2. The third-order valence-electron chi connectivity index (χ3n) is 3.97. The number of halogens is 2. The van der Waals surface area contributed by atoms with Crippen LogP contribution in [0.25, 0.3) is 0 Å². The van der Waals surface area contributed by atoms with Gasteiger partial charge >= 0.3 is 0 Å². The first-order valence-corrected chi connectivity index (χ1v) is 9.40. The van der Waals surface area contributed by atoms with Crippen LogP contribution in [0, 0.1) is 5.82 Å². The van der Waals surface area contributed by atoms with Crippen molar-refractivity contribution in [2.24, 2.45) is 0 Å². The van der Waals surface area contributed by atoms with E-state index in [-0.39, 0.29) is 17.0 Å². The molecule has 0 aliphatic carbocycles. The van der Waals surface area contributed by atoms with Crippen LogP contribution in [0.5, 0.6) is 0 Å². The van der Waals surface area contributed by atoms with E-state index in [1.807, 2.05) is 41.3 Å². The highest BCUT2D eigenvalue weighted by Crippen LogP contribution is 2.35. The first kappa shape index (κ1) is 16.5. The molecule has 0 spiro atoms. The summed E-state index contributed by atoms with van der Waals surface area (Å²) in [5.41, 5.74) is 1.44. The molecule has 1 aliphatic rings. The fourth-order valence-electron chi connectivity index (χ4n) is 2.73. The van der Waals surface area contributed by atoms with E-state index in [9.17, 15) is 9.18 Å². The van der Waals surface area contributed by atoms with Crippen LogP contribution in [0.4, 0.5) is 4.39 Å². The van der Waals surface area contributed by atoms with Crippen molar-refractivity contribution in [3.05, 3.63) is 69.9 Å². The third kappa shape index (κ3) is 3.96. The van der Waals surface area contributed by atoms with Gasteiger partial charge in [0.25, 0.3) is 5.91 Å². The minimum absolute atomic E-state index is 0.0484. The van der Waals surface area contributed by atoms with E-state index in [1.165, 1.54) is 6.07 Å². The summed E-state index contributed by atoms with van der Waals surface area (Å²) in [5.74, 6) is 0.714. The predicted molar refractivity (Wildman–Crippen MR) is 96.3 cm³/mol. The van der Waals surface area contributed by atoms with Gasteiger partial charge in [-0.25, -0.2) is 4.39 Å². The van der Waals surface area contributed by atoms with E-state index in [0.29, 0.717) is 18.7 Å². The first-order chi connectivity index (χ1) is 11.1. The molecule has 2 aromatic carbocycles. The van der Waals surface area contributed by atoms with Gasteiger partial charge in [-0.05, 0) is 36.8 Å². The molecule has 0 aromatic heterocycles. The van der Waals surface area contributed by atoms with Crippen molar-refractivity contribution in [1.29, 1.82) is 0 Å². The molecule has 1 unspecified atom stereocenters. The summed E-state index contributed by atoms with van der Waals surface area (Å²) in [6.45, 7) is 1.35. The Labute approximate surface area is 148 Å². The molecule has 0 radical (unpaired) electrons. The number of carbonyl (C=O) groups is 1. The molecule has 2 aromatic rings. The molecular weight excluding hydrogens is 377 g/mol. The van der Waals surface area contributed by atoms with Crippen LogP contribution in [0.3, 0.4) is 0 Å². The summed E-state index contributed by atoms with van der Waals surface area (Å²) >= 11 is 5.11. The number of benzene rings is 2. The van der Waals surface area contributed by atoms with Crippen molar-refractivity contribution in [2.45, 2.75) is 11.7 Å². The van der Waals surface area contributed by atoms with Crippen molar-refractivity contribution in [1.82, 2.24) is 4.90 Å². The summed E-state index contributed by atoms with van der Waals surface area (Å²) in [6.07, 6.45) is 0.772. The average Bonchev–Trinajstić information content (AvgIpc) is 2.81. The summed E-state index contributed by atoms with van der Waals surface area (Å²) in [7, 11) is 0. The molecule has 120 valence electrons. The van der Waals surface area contributed by atoms with E-state index in [4.69, 9.17) is 0 Å².